The molecule has 1 heterocycles. The molecule has 0 saturated carbocycles. The standard InChI is InChI=1S/C22H17N3S/c1-15-13-18-20(16-9-5-3-6-10-16)24-25(17-11-7-4-8-12-17)21(18)19(14-23)22(15)26-2/h3-13H,1-2H3. The zero-order chi connectivity index (χ0) is 18.1. The summed E-state index contributed by atoms with van der Waals surface area (Å²) in [6.07, 6.45) is 2.01. The number of hydrogen-bond acceptors (Lipinski definition) is 3. The number of nitrogens with zero attached hydrogens (tertiary/aromatic N) is 3. The first kappa shape index (κ1) is 16.4. The number of nitriles is 1. The van der Waals surface area contributed by atoms with Crippen molar-refractivity contribution in [1.82, 2.24) is 9.78 Å². The van der Waals surface area contributed by atoms with Gasteiger partial charge >= 0.3 is 0 Å². The van der Waals surface area contributed by atoms with E-state index in [0.717, 1.165) is 38.3 Å². The summed E-state index contributed by atoms with van der Waals surface area (Å²) in [6.45, 7) is 2.06. The van der Waals surface area contributed by atoms with Crippen LogP contribution in [0.5, 0.6) is 0 Å². The Morgan fingerprint density at radius 1 is 1.00 bits per heavy atom. The predicted molar refractivity (Wildman–Crippen MR) is 108 cm³/mol. The average molecular weight is 355 g/mol. The van der Waals surface area contributed by atoms with E-state index < -0.39 is 0 Å². The Bertz CT molecular complexity index is 1120. The minimum Gasteiger partial charge on any atom is -0.231 e. The fraction of sp³-hybridized carbons (Fsp3) is 0.0909. The molecule has 3 aromatic carbocycles. The number of aromatic nitrogens is 2. The fourth-order valence-corrected chi connectivity index (χ4v) is 4.05. The van der Waals surface area contributed by atoms with Gasteiger partial charge in [-0.05, 0) is 36.9 Å². The number of benzene rings is 3. The third kappa shape index (κ3) is 2.58. The van der Waals surface area contributed by atoms with Crippen molar-refractivity contribution < 1.29 is 0 Å². The van der Waals surface area contributed by atoms with Crippen LogP contribution in [-0.2, 0) is 0 Å². The van der Waals surface area contributed by atoms with Gasteiger partial charge in [0.05, 0.1) is 16.8 Å². The molecule has 0 radical (unpaired) electrons. The van der Waals surface area contributed by atoms with Gasteiger partial charge in [0.2, 0.25) is 0 Å². The van der Waals surface area contributed by atoms with Crippen LogP contribution in [0.3, 0.4) is 0 Å². The van der Waals surface area contributed by atoms with Crippen molar-refractivity contribution in [3.8, 4) is 23.0 Å². The molecule has 0 spiro atoms. The van der Waals surface area contributed by atoms with Gasteiger partial charge in [0.25, 0.3) is 0 Å². The maximum absolute atomic E-state index is 9.92. The maximum Gasteiger partial charge on any atom is 0.103 e. The lowest BCUT2D eigenvalue weighted by Crippen LogP contribution is -1.99. The van der Waals surface area contributed by atoms with Gasteiger partial charge in [0.15, 0.2) is 0 Å². The molecular weight excluding hydrogens is 338 g/mol. The Hall–Kier alpha value is -3.03. The number of rotatable bonds is 3. The first-order valence-corrected chi connectivity index (χ1v) is 9.58. The van der Waals surface area contributed by atoms with Crippen molar-refractivity contribution in [3.63, 3.8) is 0 Å². The molecule has 0 fully saturated rings. The molecule has 4 aromatic rings. The molecule has 4 heteroatoms. The van der Waals surface area contributed by atoms with Crippen molar-refractivity contribution in [2.45, 2.75) is 11.8 Å². The number of thioether (sulfide) groups is 1. The third-order valence-corrected chi connectivity index (χ3v) is 5.40. The lowest BCUT2D eigenvalue weighted by Gasteiger charge is -2.09. The van der Waals surface area contributed by atoms with Crippen LogP contribution in [0, 0.1) is 18.3 Å². The molecule has 0 bridgehead atoms. The molecule has 0 N–H and O–H groups in total. The first-order valence-electron chi connectivity index (χ1n) is 8.36. The van der Waals surface area contributed by atoms with E-state index in [-0.39, 0.29) is 0 Å². The second kappa shape index (κ2) is 6.70. The van der Waals surface area contributed by atoms with Gasteiger partial charge in [-0.1, -0.05) is 48.5 Å². The van der Waals surface area contributed by atoms with E-state index in [4.69, 9.17) is 5.10 Å². The Morgan fingerprint density at radius 3 is 2.27 bits per heavy atom. The van der Waals surface area contributed by atoms with E-state index in [1.807, 2.05) is 59.5 Å². The smallest absolute Gasteiger partial charge is 0.103 e. The monoisotopic (exact) mass is 355 g/mol. The van der Waals surface area contributed by atoms with Gasteiger partial charge in [0, 0.05) is 15.8 Å². The van der Waals surface area contributed by atoms with Crippen LogP contribution in [0.4, 0.5) is 0 Å². The highest BCUT2D eigenvalue weighted by atomic mass is 32.2. The highest BCUT2D eigenvalue weighted by molar-refractivity contribution is 7.98. The van der Waals surface area contributed by atoms with Crippen molar-refractivity contribution >= 4 is 22.7 Å². The molecule has 0 aliphatic carbocycles. The van der Waals surface area contributed by atoms with Crippen LogP contribution >= 0.6 is 11.8 Å². The van der Waals surface area contributed by atoms with Gasteiger partial charge in [-0.15, -0.1) is 11.8 Å². The number of hydrogen-bond donors (Lipinski definition) is 0. The lowest BCUT2D eigenvalue weighted by atomic mass is 10.0. The summed E-state index contributed by atoms with van der Waals surface area (Å²) < 4.78 is 1.90. The normalized spacial score (nSPS) is 10.8. The topological polar surface area (TPSA) is 41.6 Å². The van der Waals surface area contributed by atoms with Crippen molar-refractivity contribution in [1.29, 1.82) is 5.26 Å². The summed E-state index contributed by atoms with van der Waals surface area (Å²) in [5, 5.41) is 15.8. The molecule has 3 nitrogen and oxygen atoms in total. The molecule has 4 rings (SSSR count). The molecule has 0 aliphatic rings. The Labute approximate surface area is 156 Å². The van der Waals surface area contributed by atoms with Gasteiger partial charge < -0.3 is 0 Å². The molecule has 0 saturated heterocycles. The quantitative estimate of drug-likeness (QED) is 0.450. The van der Waals surface area contributed by atoms with Gasteiger partial charge in [-0.3, -0.25) is 0 Å². The Morgan fingerprint density at radius 2 is 1.65 bits per heavy atom. The Balaban J connectivity index is 2.16. The van der Waals surface area contributed by atoms with E-state index in [1.54, 1.807) is 11.8 Å². The van der Waals surface area contributed by atoms with Gasteiger partial charge in [-0.2, -0.15) is 10.4 Å². The molecule has 126 valence electrons. The maximum atomic E-state index is 9.92. The van der Waals surface area contributed by atoms with Crippen molar-refractivity contribution in [2.75, 3.05) is 6.26 Å². The molecule has 0 atom stereocenters. The van der Waals surface area contributed by atoms with Crippen molar-refractivity contribution in [2.24, 2.45) is 0 Å². The van der Waals surface area contributed by atoms with Crippen LogP contribution in [0.2, 0.25) is 0 Å². The van der Waals surface area contributed by atoms with Gasteiger partial charge in [-0.25, -0.2) is 4.68 Å². The summed E-state index contributed by atoms with van der Waals surface area (Å²) in [7, 11) is 0. The van der Waals surface area contributed by atoms with Crippen LogP contribution in [-0.4, -0.2) is 16.0 Å². The summed E-state index contributed by atoms with van der Waals surface area (Å²) in [5.41, 5.74) is 5.56. The summed E-state index contributed by atoms with van der Waals surface area (Å²) in [4.78, 5) is 1.01. The van der Waals surface area contributed by atoms with E-state index in [2.05, 4.69) is 31.2 Å². The van der Waals surface area contributed by atoms with E-state index in [0.29, 0.717) is 5.56 Å². The number of fused-ring (bicyclic) bond motifs is 1. The van der Waals surface area contributed by atoms with Crippen LogP contribution in [0.1, 0.15) is 11.1 Å². The first-order chi connectivity index (χ1) is 12.7. The van der Waals surface area contributed by atoms with E-state index >= 15 is 0 Å². The largest absolute Gasteiger partial charge is 0.231 e. The Kier molecular flexibility index (Phi) is 4.24. The van der Waals surface area contributed by atoms with Crippen LogP contribution in [0.25, 0.3) is 27.8 Å². The zero-order valence-corrected chi connectivity index (χ0v) is 15.4. The second-order valence-corrected chi connectivity index (χ2v) is 6.89. The van der Waals surface area contributed by atoms with Gasteiger partial charge in [0.1, 0.15) is 11.8 Å². The molecular formula is C22H17N3S. The molecule has 26 heavy (non-hydrogen) atoms. The second-order valence-electron chi connectivity index (χ2n) is 6.07. The van der Waals surface area contributed by atoms with E-state index in [1.165, 1.54) is 0 Å². The molecule has 1 aromatic heterocycles. The average Bonchev–Trinajstić information content (AvgIpc) is 3.07. The van der Waals surface area contributed by atoms with Crippen LogP contribution < -0.4 is 0 Å². The van der Waals surface area contributed by atoms with Crippen LogP contribution in [0.15, 0.2) is 71.6 Å². The zero-order valence-electron chi connectivity index (χ0n) is 14.6. The minimum atomic E-state index is 0.686. The molecule has 0 unspecified atom stereocenters. The molecule has 0 aliphatic heterocycles. The summed E-state index contributed by atoms with van der Waals surface area (Å²) in [5.74, 6) is 0. The summed E-state index contributed by atoms with van der Waals surface area (Å²) >= 11 is 1.61. The predicted octanol–water partition coefficient (Wildman–Crippen LogP) is 5.59. The lowest BCUT2D eigenvalue weighted by molar-refractivity contribution is 0.912. The number of aryl methyl sites for hydroxylation is 1. The number of para-hydroxylation sites is 1. The SMILES string of the molecule is CSc1c(C)cc2c(-c3ccccc3)nn(-c3ccccc3)c2c1C#N. The van der Waals surface area contributed by atoms with Crippen molar-refractivity contribution in [3.05, 3.63) is 77.9 Å². The third-order valence-electron chi connectivity index (χ3n) is 4.47. The highest BCUT2D eigenvalue weighted by Gasteiger charge is 2.20. The highest BCUT2D eigenvalue weighted by Crippen LogP contribution is 2.37. The summed E-state index contributed by atoms with van der Waals surface area (Å²) in [6, 6.07) is 24.7. The minimum absolute atomic E-state index is 0.686. The molecule has 0 amide bonds. The van der Waals surface area contributed by atoms with E-state index in [9.17, 15) is 5.26 Å². The fourth-order valence-electron chi connectivity index (χ4n) is 3.33.